The van der Waals surface area contributed by atoms with Crippen LogP contribution in [0.3, 0.4) is 0 Å². The molecule has 0 unspecified atom stereocenters. The van der Waals surface area contributed by atoms with Crippen molar-refractivity contribution in [3.63, 3.8) is 0 Å². The van der Waals surface area contributed by atoms with Crippen LogP contribution >= 0.6 is 0 Å². The van der Waals surface area contributed by atoms with Gasteiger partial charge in [0.2, 0.25) is 0 Å². The molecule has 1 aromatic heterocycles. The van der Waals surface area contributed by atoms with Gasteiger partial charge in [0.25, 0.3) is 5.91 Å². The van der Waals surface area contributed by atoms with Crippen LogP contribution in [-0.4, -0.2) is 42.4 Å². The van der Waals surface area contributed by atoms with E-state index in [1.807, 2.05) is 24.3 Å². The molecular formula is C21H19FN4O2. The highest BCUT2D eigenvalue weighted by molar-refractivity contribution is 6.04. The average molecular weight is 378 g/mol. The summed E-state index contributed by atoms with van der Waals surface area (Å²) >= 11 is 0. The second-order valence-electron chi connectivity index (χ2n) is 6.42. The first-order valence-corrected chi connectivity index (χ1v) is 9.03. The zero-order valence-corrected chi connectivity index (χ0v) is 15.1. The quantitative estimate of drug-likeness (QED) is 0.754. The molecule has 1 aliphatic rings. The van der Waals surface area contributed by atoms with Crippen LogP contribution in [0.5, 0.6) is 0 Å². The van der Waals surface area contributed by atoms with E-state index in [4.69, 9.17) is 4.74 Å². The predicted octanol–water partition coefficient (Wildman–Crippen LogP) is 3.37. The molecule has 1 aliphatic heterocycles. The lowest BCUT2D eigenvalue weighted by Gasteiger charge is -2.27. The molecule has 142 valence electrons. The lowest BCUT2D eigenvalue weighted by molar-refractivity contribution is 0.102. The van der Waals surface area contributed by atoms with Crippen molar-refractivity contribution in [1.29, 1.82) is 0 Å². The number of nitrogens with zero attached hydrogens (tertiary/aromatic N) is 3. The number of carbonyl (C=O) groups excluding carboxylic acids is 1. The molecule has 1 N–H and O–H groups in total. The van der Waals surface area contributed by atoms with Crippen LogP contribution in [0.25, 0.3) is 11.3 Å². The van der Waals surface area contributed by atoms with Gasteiger partial charge >= 0.3 is 0 Å². The maximum absolute atomic E-state index is 13.2. The van der Waals surface area contributed by atoms with E-state index in [1.54, 1.807) is 24.3 Å². The Hall–Kier alpha value is -3.32. The number of halogens is 1. The van der Waals surface area contributed by atoms with Gasteiger partial charge in [-0.25, -0.2) is 4.39 Å². The lowest BCUT2D eigenvalue weighted by atomic mass is 10.1. The number of aromatic nitrogens is 2. The molecule has 1 fully saturated rings. The van der Waals surface area contributed by atoms with Crippen molar-refractivity contribution < 1.29 is 13.9 Å². The zero-order chi connectivity index (χ0) is 19.3. The molecule has 0 atom stereocenters. The molecule has 2 heterocycles. The van der Waals surface area contributed by atoms with Gasteiger partial charge in [-0.2, -0.15) is 0 Å². The van der Waals surface area contributed by atoms with Crippen molar-refractivity contribution in [2.45, 2.75) is 0 Å². The Labute approximate surface area is 162 Å². The number of nitrogens with one attached hydrogen (secondary N) is 1. The summed E-state index contributed by atoms with van der Waals surface area (Å²) in [5.74, 6) is 0.135. The van der Waals surface area contributed by atoms with E-state index in [0.717, 1.165) is 30.2 Å². The molecule has 0 spiro atoms. The van der Waals surface area contributed by atoms with Gasteiger partial charge in [-0.05, 0) is 42.5 Å². The smallest absolute Gasteiger partial charge is 0.255 e. The molecule has 0 saturated carbocycles. The Bertz CT molecular complexity index is 955. The number of carbonyl (C=O) groups is 1. The van der Waals surface area contributed by atoms with Crippen molar-refractivity contribution in [2.24, 2.45) is 0 Å². The van der Waals surface area contributed by atoms with Gasteiger partial charge in [-0.3, -0.25) is 4.79 Å². The maximum Gasteiger partial charge on any atom is 0.255 e. The minimum Gasteiger partial charge on any atom is -0.378 e. The van der Waals surface area contributed by atoms with E-state index in [0.29, 0.717) is 24.5 Å². The first-order chi connectivity index (χ1) is 13.7. The molecule has 28 heavy (non-hydrogen) atoms. The molecule has 1 amide bonds. The Morgan fingerprint density at radius 2 is 1.79 bits per heavy atom. The summed E-state index contributed by atoms with van der Waals surface area (Å²) < 4.78 is 18.6. The van der Waals surface area contributed by atoms with Gasteiger partial charge in [0.15, 0.2) is 5.82 Å². The number of rotatable bonds is 4. The first-order valence-electron chi connectivity index (χ1n) is 9.03. The van der Waals surface area contributed by atoms with Gasteiger partial charge in [-0.1, -0.05) is 18.2 Å². The van der Waals surface area contributed by atoms with Gasteiger partial charge in [-0.15, -0.1) is 10.2 Å². The van der Waals surface area contributed by atoms with Crippen molar-refractivity contribution in [2.75, 3.05) is 36.5 Å². The highest BCUT2D eigenvalue weighted by atomic mass is 19.1. The molecule has 3 aromatic rings. The van der Waals surface area contributed by atoms with Crippen LogP contribution < -0.4 is 10.2 Å². The van der Waals surface area contributed by atoms with Crippen molar-refractivity contribution in [3.05, 3.63) is 72.0 Å². The number of hydrogen-bond acceptors (Lipinski definition) is 5. The number of anilines is 2. The normalized spacial score (nSPS) is 14.0. The Kier molecular flexibility index (Phi) is 5.25. The van der Waals surface area contributed by atoms with E-state index >= 15 is 0 Å². The summed E-state index contributed by atoms with van der Waals surface area (Å²) in [5, 5.41) is 11.3. The van der Waals surface area contributed by atoms with E-state index in [9.17, 15) is 9.18 Å². The number of morpholine rings is 1. The topological polar surface area (TPSA) is 67.4 Å². The maximum atomic E-state index is 13.2. The minimum absolute atomic E-state index is 0.300. The summed E-state index contributed by atoms with van der Waals surface area (Å²) in [5.41, 5.74) is 2.49. The number of benzene rings is 2. The van der Waals surface area contributed by atoms with Crippen LogP contribution in [0.2, 0.25) is 0 Å². The second-order valence-corrected chi connectivity index (χ2v) is 6.42. The third-order valence-corrected chi connectivity index (χ3v) is 4.51. The Morgan fingerprint density at radius 3 is 2.46 bits per heavy atom. The summed E-state index contributed by atoms with van der Waals surface area (Å²) in [6, 6.07) is 16.7. The second kappa shape index (κ2) is 8.14. The molecular weight excluding hydrogens is 359 g/mol. The van der Waals surface area contributed by atoms with Gasteiger partial charge in [0.05, 0.1) is 18.9 Å². The molecule has 0 bridgehead atoms. The number of amides is 1. The number of hydrogen-bond donors (Lipinski definition) is 1. The molecule has 7 heteroatoms. The Balaban J connectivity index is 1.44. The first kappa shape index (κ1) is 18.1. The van der Waals surface area contributed by atoms with Crippen LogP contribution in [0, 0.1) is 5.82 Å². The van der Waals surface area contributed by atoms with Crippen LogP contribution in [0.1, 0.15) is 10.4 Å². The highest BCUT2D eigenvalue weighted by Gasteiger charge is 2.13. The third kappa shape index (κ3) is 4.15. The van der Waals surface area contributed by atoms with Crippen LogP contribution in [-0.2, 0) is 4.74 Å². The standard InChI is InChI=1S/C21H19FN4O2/c22-17-2-1-3-18(14-17)23-21(27)16-6-4-15(5-7-16)19-8-9-20(25-24-19)26-10-12-28-13-11-26/h1-9,14H,10-13H2,(H,23,27). The summed E-state index contributed by atoms with van der Waals surface area (Å²) in [4.78, 5) is 14.5. The van der Waals surface area contributed by atoms with Crippen molar-refractivity contribution in [1.82, 2.24) is 10.2 Å². The fraction of sp³-hybridized carbons (Fsp3) is 0.190. The zero-order valence-electron chi connectivity index (χ0n) is 15.1. The van der Waals surface area contributed by atoms with Gasteiger partial charge < -0.3 is 15.0 Å². The van der Waals surface area contributed by atoms with E-state index in [1.165, 1.54) is 12.1 Å². The third-order valence-electron chi connectivity index (χ3n) is 4.51. The van der Waals surface area contributed by atoms with E-state index in [2.05, 4.69) is 20.4 Å². The molecule has 4 rings (SSSR count). The molecule has 1 saturated heterocycles. The Morgan fingerprint density at radius 1 is 1.00 bits per heavy atom. The SMILES string of the molecule is O=C(Nc1cccc(F)c1)c1ccc(-c2ccc(N3CCOCC3)nn2)cc1. The van der Waals surface area contributed by atoms with E-state index < -0.39 is 5.82 Å². The van der Waals surface area contributed by atoms with E-state index in [-0.39, 0.29) is 5.91 Å². The molecule has 6 nitrogen and oxygen atoms in total. The fourth-order valence-electron chi connectivity index (χ4n) is 3.00. The highest BCUT2D eigenvalue weighted by Crippen LogP contribution is 2.20. The monoisotopic (exact) mass is 378 g/mol. The van der Waals surface area contributed by atoms with Gasteiger partial charge in [0, 0.05) is 29.9 Å². The average Bonchev–Trinajstić information content (AvgIpc) is 2.75. The van der Waals surface area contributed by atoms with Crippen molar-refractivity contribution in [3.8, 4) is 11.3 Å². The largest absolute Gasteiger partial charge is 0.378 e. The van der Waals surface area contributed by atoms with Crippen LogP contribution in [0.15, 0.2) is 60.7 Å². The minimum atomic E-state index is -0.396. The molecule has 0 aliphatic carbocycles. The predicted molar refractivity (Wildman–Crippen MR) is 105 cm³/mol. The molecule has 2 aromatic carbocycles. The van der Waals surface area contributed by atoms with Gasteiger partial charge in [0.1, 0.15) is 5.82 Å². The summed E-state index contributed by atoms with van der Waals surface area (Å²) in [6.45, 7) is 3.01. The van der Waals surface area contributed by atoms with Crippen LogP contribution in [0.4, 0.5) is 15.9 Å². The summed E-state index contributed by atoms with van der Waals surface area (Å²) in [6.07, 6.45) is 0. The summed E-state index contributed by atoms with van der Waals surface area (Å²) in [7, 11) is 0. The molecule has 0 radical (unpaired) electrons. The fourth-order valence-corrected chi connectivity index (χ4v) is 3.00. The number of ether oxygens (including phenoxy) is 1. The lowest BCUT2D eigenvalue weighted by Crippen LogP contribution is -2.36. The van der Waals surface area contributed by atoms with Crippen molar-refractivity contribution >= 4 is 17.4 Å².